The van der Waals surface area contributed by atoms with Crippen LogP contribution in [0, 0.1) is 5.92 Å². The lowest BCUT2D eigenvalue weighted by Crippen LogP contribution is -2.38. The first kappa shape index (κ1) is 26.1. The monoisotopic (exact) mass is 562 g/mol. The van der Waals surface area contributed by atoms with Gasteiger partial charge >= 0.3 is 0 Å². The summed E-state index contributed by atoms with van der Waals surface area (Å²) in [4.78, 5) is 9.44. The molecule has 2 unspecified atom stereocenters. The van der Waals surface area contributed by atoms with E-state index in [-0.39, 0.29) is 6.10 Å². The van der Waals surface area contributed by atoms with Gasteiger partial charge in [0.1, 0.15) is 5.82 Å². The number of nitrogens with one attached hydrogen (secondary N) is 1. The topological polar surface area (TPSA) is 99.8 Å². The third-order valence-electron chi connectivity index (χ3n) is 8.57. The van der Waals surface area contributed by atoms with E-state index in [4.69, 9.17) is 9.15 Å². The first-order valence-electron chi connectivity index (χ1n) is 14.8. The minimum absolute atomic E-state index is 0.169. The molecule has 0 amide bonds. The summed E-state index contributed by atoms with van der Waals surface area (Å²) >= 11 is 1.81. The summed E-state index contributed by atoms with van der Waals surface area (Å²) in [5.74, 6) is 2.51. The van der Waals surface area contributed by atoms with Crippen molar-refractivity contribution in [1.82, 2.24) is 15.2 Å². The van der Waals surface area contributed by atoms with E-state index in [9.17, 15) is 5.11 Å². The fraction of sp³-hybridized carbons (Fsp3) is 0.567. The second-order valence-corrected chi connectivity index (χ2v) is 12.8. The van der Waals surface area contributed by atoms with E-state index in [0.29, 0.717) is 29.6 Å². The molecule has 212 valence electrons. The van der Waals surface area contributed by atoms with Gasteiger partial charge in [0, 0.05) is 48.9 Å². The van der Waals surface area contributed by atoms with E-state index < -0.39 is 6.10 Å². The highest BCUT2D eigenvalue weighted by molar-refractivity contribution is 8.01. The summed E-state index contributed by atoms with van der Waals surface area (Å²) in [7, 11) is 0. The van der Waals surface area contributed by atoms with Gasteiger partial charge in [-0.25, -0.2) is 4.98 Å². The Bertz CT molecular complexity index is 1310. The largest absolute Gasteiger partial charge is 0.416 e. The number of hydrogen-bond donors (Lipinski definition) is 2. The van der Waals surface area contributed by atoms with E-state index in [1.807, 2.05) is 24.2 Å². The molecular formula is C30H38N6O3S. The Kier molecular flexibility index (Phi) is 7.56. The number of benzene rings is 1. The minimum Gasteiger partial charge on any atom is -0.416 e. The molecule has 5 aliphatic rings. The Morgan fingerprint density at radius 1 is 0.900 bits per heavy atom. The quantitative estimate of drug-likeness (QED) is 0.405. The van der Waals surface area contributed by atoms with E-state index in [1.165, 1.54) is 19.3 Å². The molecule has 1 saturated carbocycles. The molecule has 9 nitrogen and oxygen atoms in total. The number of hydrogen-bond acceptors (Lipinski definition) is 10. The highest BCUT2D eigenvalue weighted by Gasteiger charge is 2.27. The van der Waals surface area contributed by atoms with Crippen LogP contribution >= 0.6 is 11.9 Å². The van der Waals surface area contributed by atoms with Crippen LogP contribution in [0.4, 0.5) is 17.2 Å². The molecule has 40 heavy (non-hydrogen) atoms. The number of anilines is 3. The summed E-state index contributed by atoms with van der Waals surface area (Å²) in [6.07, 6.45) is 10.1. The van der Waals surface area contributed by atoms with Crippen LogP contribution < -0.4 is 14.5 Å². The minimum atomic E-state index is -0.414. The van der Waals surface area contributed by atoms with Gasteiger partial charge < -0.3 is 28.8 Å². The molecule has 4 aliphatic heterocycles. The van der Waals surface area contributed by atoms with Crippen molar-refractivity contribution in [1.29, 1.82) is 0 Å². The zero-order chi connectivity index (χ0) is 26.9. The molecule has 2 atom stereocenters. The lowest BCUT2D eigenvalue weighted by molar-refractivity contribution is -0.0226. The van der Waals surface area contributed by atoms with Gasteiger partial charge in [-0.3, -0.25) is 0 Å². The fourth-order valence-corrected chi connectivity index (χ4v) is 6.88. The van der Waals surface area contributed by atoms with Crippen molar-refractivity contribution in [2.45, 2.75) is 68.8 Å². The molecule has 3 aromatic rings. The van der Waals surface area contributed by atoms with Crippen LogP contribution in [0.25, 0.3) is 22.9 Å². The van der Waals surface area contributed by atoms with E-state index in [1.54, 1.807) is 0 Å². The SMILES string of the molecule is OC1CCC2CCCN(C2)c2cc(ccn2)-c2nnc(o2)-c2ccc(NSC3CC3)cc2N2CCC(CC2)OC1. The fourth-order valence-electron chi connectivity index (χ4n) is 6.08. The van der Waals surface area contributed by atoms with Crippen molar-refractivity contribution in [2.24, 2.45) is 5.92 Å². The number of ether oxygens (including phenoxy) is 1. The standard InChI is InChI=1S/C30H38N6O3S/c37-23-5-3-20-2-1-13-36(18-20)28-16-21(9-12-31-28)29-32-33-30(39-29)26-8-4-22(34-40-25-6-7-25)17-27(26)35-14-10-24(11-15-35)38-19-23/h4,8-9,12,16-17,20,23-25,34,37H,1-3,5-7,10-11,13-15,18-19H2. The van der Waals surface area contributed by atoms with Crippen LogP contribution in [-0.4, -0.2) is 70.5 Å². The van der Waals surface area contributed by atoms with Gasteiger partial charge in [0.25, 0.3) is 0 Å². The number of piperidine rings is 2. The summed E-state index contributed by atoms with van der Waals surface area (Å²) in [6, 6.07) is 10.4. The number of rotatable bonds is 3. The Labute approximate surface area is 239 Å². The van der Waals surface area contributed by atoms with Crippen molar-refractivity contribution in [3.63, 3.8) is 0 Å². The smallest absolute Gasteiger partial charge is 0.250 e. The number of pyridine rings is 1. The number of nitrogens with zero attached hydrogens (tertiary/aromatic N) is 5. The van der Waals surface area contributed by atoms with Crippen molar-refractivity contribution >= 4 is 29.1 Å². The molecule has 0 radical (unpaired) electrons. The van der Waals surface area contributed by atoms with E-state index >= 15 is 0 Å². The molecule has 2 saturated heterocycles. The van der Waals surface area contributed by atoms with Gasteiger partial charge in [0.2, 0.25) is 11.8 Å². The normalized spacial score (nSPS) is 25.4. The third kappa shape index (κ3) is 5.94. The van der Waals surface area contributed by atoms with Crippen LogP contribution in [0.2, 0.25) is 0 Å². The lowest BCUT2D eigenvalue weighted by atomic mass is 9.92. The van der Waals surface area contributed by atoms with Crippen LogP contribution in [0.1, 0.15) is 51.4 Å². The second kappa shape index (κ2) is 11.6. The van der Waals surface area contributed by atoms with Gasteiger partial charge in [0.05, 0.1) is 30.1 Å². The third-order valence-corrected chi connectivity index (χ3v) is 9.73. The first-order valence-corrected chi connectivity index (χ1v) is 15.7. The van der Waals surface area contributed by atoms with Gasteiger partial charge in [-0.2, -0.15) is 0 Å². The number of aromatic nitrogens is 3. The molecular weight excluding hydrogens is 524 g/mol. The van der Waals surface area contributed by atoms with Crippen molar-refractivity contribution < 1.29 is 14.3 Å². The van der Waals surface area contributed by atoms with Gasteiger partial charge in [0.15, 0.2) is 0 Å². The maximum absolute atomic E-state index is 10.7. The second-order valence-electron chi connectivity index (χ2n) is 11.7. The Balaban J connectivity index is 1.22. The summed E-state index contributed by atoms with van der Waals surface area (Å²) in [5.41, 5.74) is 4.01. The van der Waals surface area contributed by atoms with E-state index in [0.717, 1.165) is 86.6 Å². The number of aliphatic hydroxyl groups is 1. The molecule has 6 heterocycles. The summed E-state index contributed by atoms with van der Waals surface area (Å²) in [6.45, 7) is 4.09. The van der Waals surface area contributed by atoms with Crippen LogP contribution in [-0.2, 0) is 4.74 Å². The number of fused-ring (bicyclic) bond motifs is 6. The van der Waals surface area contributed by atoms with Crippen LogP contribution in [0.5, 0.6) is 0 Å². The first-order chi connectivity index (χ1) is 19.7. The Morgan fingerprint density at radius 2 is 1.77 bits per heavy atom. The summed E-state index contributed by atoms with van der Waals surface area (Å²) < 4.78 is 16.1. The van der Waals surface area contributed by atoms with Gasteiger partial charge in [-0.1, -0.05) is 0 Å². The lowest BCUT2D eigenvalue weighted by Gasteiger charge is -2.35. The van der Waals surface area contributed by atoms with Gasteiger partial charge in [-0.05, 0) is 99.6 Å². The molecule has 8 bridgehead atoms. The van der Waals surface area contributed by atoms with Crippen molar-refractivity contribution in [3.05, 3.63) is 36.5 Å². The zero-order valence-corrected chi connectivity index (χ0v) is 23.7. The highest BCUT2D eigenvalue weighted by atomic mass is 32.2. The summed E-state index contributed by atoms with van der Waals surface area (Å²) in [5, 5.41) is 20.4. The molecule has 1 aliphatic carbocycles. The Hall–Kier alpha value is -2.82. The van der Waals surface area contributed by atoms with Crippen molar-refractivity contribution in [2.75, 3.05) is 47.3 Å². The maximum Gasteiger partial charge on any atom is 0.250 e. The molecule has 2 aromatic heterocycles. The molecule has 1 aromatic carbocycles. The predicted molar refractivity (Wildman–Crippen MR) is 159 cm³/mol. The zero-order valence-electron chi connectivity index (χ0n) is 22.9. The van der Waals surface area contributed by atoms with Crippen molar-refractivity contribution in [3.8, 4) is 22.9 Å². The average molecular weight is 563 g/mol. The molecule has 3 fully saturated rings. The molecule has 10 heteroatoms. The highest BCUT2D eigenvalue weighted by Crippen LogP contribution is 2.39. The predicted octanol–water partition coefficient (Wildman–Crippen LogP) is 5.38. The van der Waals surface area contributed by atoms with Crippen LogP contribution in [0.15, 0.2) is 40.9 Å². The Morgan fingerprint density at radius 3 is 2.65 bits per heavy atom. The molecule has 8 rings (SSSR count). The maximum atomic E-state index is 10.7. The van der Waals surface area contributed by atoms with E-state index in [2.05, 4.69) is 54.0 Å². The average Bonchev–Trinajstić information content (AvgIpc) is 3.71. The molecule has 0 spiro atoms. The molecule has 2 N–H and O–H groups in total. The number of aliphatic hydroxyl groups excluding tert-OH is 1. The van der Waals surface area contributed by atoms with Gasteiger partial charge in [-0.15, -0.1) is 10.2 Å². The van der Waals surface area contributed by atoms with Crippen LogP contribution in [0.3, 0.4) is 0 Å².